The van der Waals surface area contributed by atoms with Crippen LogP contribution in [0.4, 0.5) is 10.2 Å². The van der Waals surface area contributed by atoms with Crippen LogP contribution >= 0.6 is 0 Å². The van der Waals surface area contributed by atoms with Gasteiger partial charge in [0.05, 0.1) is 23.0 Å². The molecule has 0 fully saturated rings. The molecular weight excluding hydrogens is 281 g/mol. The molecule has 1 unspecified atom stereocenters. The van der Waals surface area contributed by atoms with Crippen LogP contribution in [0, 0.1) is 12.7 Å². The van der Waals surface area contributed by atoms with Crippen molar-refractivity contribution in [3.05, 3.63) is 35.3 Å². The van der Waals surface area contributed by atoms with Crippen molar-refractivity contribution in [1.82, 2.24) is 19.7 Å². The molecule has 0 saturated heterocycles. The third-order valence-electron chi connectivity index (χ3n) is 3.64. The molecule has 0 aliphatic rings. The number of hydrogen-bond donors (Lipinski definition) is 1. The molecule has 0 aliphatic heterocycles. The van der Waals surface area contributed by atoms with Crippen molar-refractivity contribution in [3.63, 3.8) is 0 Å². The zero-order valence-corrected chi connectivity index (χ0v) is 14.1. The van der Waals surface area contributed by atoms with Crippen molar-refractivity contribution >= 4 is 5.82 Å². The summed E-state index contributed by atoms with van der Waals surface area (Å²) in [5.74, 6) is -0.139. The van der Waals surface area contributed by atoms with Gasteiger partial charge in [0.15, 0.2) is 11.6 Å². The molecule has 0 aromatic carbocycles. The lowest BCUT2D eigenvalue weighted by Gasteiger charge is -2.19. The fourth-order valence-corrected chi connectivity index (χ4v) is 2.28. The number of nitrogens with one attached hydrogen (secondary N) is 1. The van der Waals surface area contributed by atoms with E-state index in [1.165, 1.54) is 6.33 Å². The van der Waals surface area contributed by atoms with E-state index in [0.29, 0.717) is 12.1 Å². The molecule has 1 N–H and O–H groups in total. The molecular formula is C16H24FN5. The van der Waals surface area contributed by atoms with Gasteiger partial charge in [0.25, 0.3) is 0 Å². The van der Waals surface area contributed by atoms with Crippen LogP contribution in [0.25, 0.3) is 0 Å². The highest BCUT2D eigenvalue weighted by molar-refractivity contribution is 5.40. The predicted octanol–water partition coefficient (Wildman–Crippen LogP) is 3.61. The molecule has 2 aromatic rings. The van der Waals surface area contributed by atoms with Crippen molar-refractivity contribution in [2.75, 3.05) is 5.32 Å². The van der Waals surface area contributed by atoms with Crippen molar-refractivity contribution in [2.24, 2.45) is 0 Å². The van der Waals surface area contributed by atoms with Crippen molar-refractivity contribution in [2.45, 2.75) is 59.5 Å². The molecule has 120 valence electrons. The minimum Gasteiger partial charge on any atom is -0.361 e. The number of aromatic nitrogens is 4. The Kier molecular flexibility index (Phi) is 4.49. The van der Waals surface area contributed by atoms with Crippen LogP contribution in [0.3, 0.4) is 0 Å². The standard InChI is InChI=1S/C16H24FN5/c1-7-13-14(17)15(19-9-18-13)20-10(2)12-8-22(16(4,5)6)21-11(12)3/h8-10H,7H2,1-6H3,(H,18,19,20). The second kappa shape index (κ2) is 6.02. The first kappa shape index (κ1) is 16.4. The monoisotopic (exact) mass is 305 g/mol. The number of nitrogens with zero attached hydrogens (tertiary/aromatic N) is 4. The van der Waals surface area contributed by atoms with Gasteiger partial charge in [0, 0.05) is 11.8 Å². The Morgan fingerprint density at radius 3 is 2.55 bits per heavy atom. The van der Waals surface area contributed by atoms with Gasteiger partial charge in [-0.25, -0.2) is 14.4 Å². The first-order valence-corrected chi connectivity index (χ1v) is 7.56. The molecule has 0 radical (unpaired) electrons. The maximum absolute atomic E-state index is 14.2. The highest BCUT2D eigenvalue weighted by atomic mass is 19.1. The second-order valence-corrected chi connectivity index (χ2v) is 6.49. The molecule has 2 rings (SSSR count). The summed E-state index contributed by atoms with van der Waals surface area (Å²) in [6.07, 6.45) is 3.94. The molecule has 0 spiro atoms. The SMILES string of the molecule is CCc1ncnc(NC(C)c2cn(C(C)(C)C)nc2C)c1F. The molecule has 0 bridgehead atoms. The van der Waals surface area contributed by atoms with Gasteiger partial charge in [-0.3, -0.25) is 4.68 Å². The van der Waals surface area contributed by atoms with E-state index in [4.69, 9.17) is 0 Å². The van der Waals surface area contributed by atoms with Crippen LogP contribution in [0.1, 0.15) is 57.6 Å². The average molecular weight is 305 g/mol. The van der Waals surface area contributed by atoms with E-state index in [2.05, 4.69) is 41.2 Å². The third-order valence-corrected chi connectivity index (χ3v) is 3.64. The average Bonchev–Trinajstić information content (AvgIpc) is 2.83. The van der Waals surface area contributed by atoms with E-state index >= 15 is 0 Å². The van der Waals surface area contributed by atoms with Crippen LogP contribution in [-0.2, 0) is 12.0 Å². The first-order valence-electron chi connectivity index (χ1n) is 7.56. The van der Waals surface area contributed by atoms with E-state index in [0.717, 1.165) is 11.3 Å². The summed E-state index contributed by atoms with van der Waals surface area (Å²) in [5, 5.41) is 7.68. The van der Waals surface area contributed by atoms with Crippen LogP contribution < -0.4 is 5.32 Å². The highest BCUT2D eigenvalue weighted by Crippen LogP contribution is 2.25. The number of rotatable bonds is 4. The Hall–Kier alpha value is -1.98. The second-order valence-electron chi connectivity index (χ2n) is 6.49. The van der Waals surface area contributed by atoms with Crippen molar-refractivity contribution < 1.29 is 4.39 Å². The van der Waals surface area contributed by atoms with Gasteiger partial charge in [-0.1, -0.05) is 6.92 Å². The van der Waals surface area contributed by atoms with Crippen LogP contribution in [0.5, 0.6) is 0 Å². The van der Waals surface area contributed by atoms with Crippen LogP contribution in [0.2, 0.25) is 0 Å². The predicted molar refractivity (Wildman–Crippen MR) is 85.4 cm³/mol. The normalized spacial score (nSPS) is 13.2. The van der Waals surface area contributed by atoms with Gasteiger partial charge in [-0.15, -0.1) is 0 Å². The minimum atomic E-state index is -0.377. The molecule has 1 atom stereocenters. The quantitative estimate of drug-likeness (QED) is 0.937. The number of hydrogen-bond acceptors (Lipinski definition) is 4. The molecule has 5 nitrogen and oxygen atoms in total. The highest BCUT2D eigenvalue weighted by Gasteiger charge is 2.20. The van der Waals surface area contributed by atoms with E-state index in [-0.39, 0.29) is 23.2 Å². The van der Waals surface area contributed by atoms with Gasteiger partial charge >= 0.3 is 0 Å². The topological polar surface area (TPSA) is 55.6 Å². The van der Waals surface area contributed by atoms with Gasteiger partial charge in [0.1, 0.15) is 6.33 Å². The number of aryl methyl sites for hydroxylation is 2. The molecule has 0 aliphatic carbocycles. The lowest BCUT2D eigenvalue weighted by Crippen LogP contribution is -2.22. The van der Waals surface area contributed by atoms with E-state index in [1.54, 1.807) is 0 Å². The molecule has 0 amide bonds. The summed E-state index contributed by atoms with van der Waals surface area (Å²) in [6, 6.07) is -0.0924. The molecule has 2 heterocycles. The maximum atomic E-state index is 14.2. The zero-order valence-electron chi connectivity index (χ0n) is 14.1. The Labute approximate surface area is 131 Å². The lowest BCUT2D eigenvalue weighted by molar-refractivity contribution is 0.354. The first-order chi connectivity index (χ1) is 10.2. The zero-order chi connectivity index (χ0) is 16.5. The minimum absolute atomic E-state index is 0.0850. The fourth-order valence-electron chi connectivity index (χ4n) is 2.28. The summed E-state index contributed by atoms with van der Waals surface area (Å²) < 4.78 is 16.2. The van der Waals surface area contributed by atoms with Gasteiger partial charge in [-0.2, -0.15) is 5.10 Å². The molecule has 6 heteroatoms. The Balaban J connectivity index is 2.27. The lowest BCUT2D eigenvalue weighted by atomic mass is 10.1. The van der Waals surface area contributed by atoms with Crippen molar-refractivity contribution in [1.29, 1.82) is 0 Å². The van der Waals surface area contributed by atoms with Gasteiger partial charge in [0.2, 0.25) is 0 Å². The number of anilines is 1. The summed E-state index contributed by atoms with van der Waals surface area (Å²) in [7, 11) is 0. The smallest absolute Gasteiger partial charge is 0.186 e. The van der Waals surface area contributed by atoms with Crippen LogP contribution in [0.15, 0.2) is 12.5 Å². The largest absolute Gasteiger partial charge is 0.361 e. The molecule has 0 saturated carbocycles. The third kappa shape index (κ3) is 3.26. The summed E-state index contributed by atoms with van der Waals surface area (Å²) in [6.45, 7) is 12.1. The molecule has 22 heavy (non-hydrogen) atoms. The molecule has 2 aromatic heterocycles. The Morgan fingerprint density at radius 1 is 1.32 bits per heavy atom. The summed E-state index contributed by atoms with van der Waals surface area (Å²) >= 11 is 0. The van der Waals surface area contributed by atoms with Gasteiger partial charge < -0.3 is 5.32 Å². The maximum Gasteiger partial charge on any atom is 0.186 e. The summed E-state index contributed by atoms with van der Waals surface area (Å²) in [4.78, 5) is 7.96. The number of halogens is 1. The fraction of sp³-hybridized carbons (Fsp3) is 0.562. The van der Waals surface area contributed by atoms with Crippen LogP contribution in [-0.4, -0.2) is 19.7 Å². The van der Waals surface area contributed by atoms with E-state index in [1.807, 2.05) is 31.6 Å². The Morgan fingerprint density at radius 2 is 2.00 bits per heavy atom. The van der Waals surface area contributed by atoms with E-state index in [9.17, 15) is 4.39 Å². The Bertz CT molecular complexity index is 657. The van der Waals surface area contributed by atoms with Crippen molar-refractivity contribution in [3.8, 4) is 0 Å². The summed E-state index contributed by atoms with van der Waals surface area (Å²) in [5.41, 5.74) is 2.30. The van der Waals surface area contributed by atoms with E-state index < -0.39 is 0 Å². The van der Waals surface area contributed by atoms with Gasteiger partial charge in [-0.05, 0) is 41.0 Å².